The van der Waals surface area contributed by atoms with E-state index in [0.717, 1.165) is 22.9 Å². The van der Waals surface area contributed by atoms with Gasteiger partial charge in [0.05, 0.1) is 6.04 Å². The zero-order valence-electron chi connectivity index (χ0n) is 21.6. The van der Waals surface area contributed by atoms with Crippen LogP contribution in [0, 0.1) is 11.7 Å². The summed E-state index contributed by atoms with van der Waals surface area (Å²) in [6.07, 6.45) is 3.14. The molecule has 4 rings (SSSR count). The minimum absolute atomic E-state index is 0.246. The number of hydrogen-bond donors (Lipinski definition) is 1. The van der Waals surface area contributed by atoms with Crippen molar-refractivity contribution in [3.8, 4) is 5.75 Å². The highest BCUT2D eigenvalue weighted by Crippen LogP contribution is 2.40. The number of amides is 2. The van der Waals surface area contributed by atoms with Crippen LogP contribution >= 0.6 is 0 Å². The van der Waals surface area contributed by atoms with Gasteiger partial charge in [0.1, 0.15) is 17.6 Å². The molecule has 0 radical (unpaired) electrons. The maximum absolute atomic E-state index is 13.5. The predicted molar refractivity (Wildman–Crippen MR) is 148 cm³/mol. The smallest absolute Gasteiger partial charge is 0.252 e. The first kappa shape index (κ1) is 26.4. The lowest BCUT2D eigenvalue weighted by Crippen LogP contribution is -2.65. The summed E-state index contributed by atoms with van der Waals surface area (Å²) in [6.45, 7) is 8.80. The molecular formula is C30H33FN2O3Si. The number of nitrogens with one attached hydrogen (secondary N) is 1. The summed E-state index contributed by atoms with van der Waals surface area (Å²) in [5.41, 5.74) is 2.33. The maximum atomic E-state index is 13.5. The average Bonchev–Trinajstić information content (AvgIpc) is 2.85. The highest BCUT2D eigenvalue weighted by atomic mass is 28.4. The Kier molecular flexibility index (Phi) is 7.93. The van der Waals surface area contributed by atoms with Crippen LogP contribution in [0.1, 0.15) is 31.0 Å². The molecule has 3 aromatic rings. The minimum atomic E-state index is -1.87. The van der Waals surface area contributed by atoms with Crippen LogP contribution in [0.25, 0.3) is 6.08 Å². The van der Waals surface area contributed by atoms with E-state index in [9.17, 15) is 14.0 Å². The van der Waals surface area contributed by atoms with Gasteiger partial charge in [0.15, 0.2) is 0 Å². The van der Waals surface area contributed by atoms with Gasteiger partial charge in [0.25, 0.3) is 5.91 Å². The van der Waals surface area contributed by atoms with Crippen LogP contribution in [0.3, 0.4) is 0 Å². The highest BCUT2D eigenvalue weighted by molar-refractivity contribution is 6.71. The SMILES string of the molecule is CC(C)C[Si](C)(C)Oc1ccc([C@@H]2[C@@H](NC(=O)/C=C/c3ccccc3)C(=O)N2c2ccc(F)cc2)cc1. The molecule has 2 atom stereocenters. The normalized spacial score (nSPS) is 17.7. The van der Waals surface area contributed by atoms with Crippen molar-refractivity contribution in [2.24, 2.45) is 5.92 Å². The molecular weight excluding hydrogens is 483 g/mol. The van der Waals surface area contributed by atoms with Gasteiger partial charge in [-0.3, -0.25) is 9.59 Å². The molecule has 0 bridgehead atoms. The van der Waals surface area contributed by atoms with Crippen molar-refractivity contribution in [1.29, 1.82) is 0 Å². The molecule has 0 saturated carbocycles. The third-order valence-electron chi connectivity index (χ3n) is 6.24. The Bertz CT molecular complexity index is 1260. The Labute approximate surface area is 219 Å². The summed E-state index contributed by atoms with van der Waals surface area (Å²) in [6, 6.07) is 22.9. The van der Waals surface area contributed by atoms with E-state index in [4.69, 9.17) is 4.43 Å². The standard InChI is InChI=1S/C30H33FN2O3Si/c1-21(2)20-37(3,4)36-26-17-11-23(12-18-26)29-28(30(35)33(29)25-15-13-24(31)14-16-25)32-27(34)19-10-22-8-6-5-7-9-22/h5-19,21,28-29H,20H2,1-4H3,(H,32,34)/b19-10+/t28-,29-/m1/s1. The summed E-state index contributed by atoms with van der Waals surface area (Å²) in [5.74, 6) is 0.382. The monoisotopic (exact) mass is 516 g/mol. The molecule has 192 valence electrons. The average molecular weight is 517 g/mol. The zero-order chi connectivity index (χ0) is 26.6. The third kappa shape index (κ3) is 6.54. The van der Waals surface area contributed by atoms with Crippen molar-refractivity contribution in [2.75, 3.05) is 4.90 Å². The number of anilines is 1. The van der Waals surface area contributed by atoms with Gasteiger partial charge >= 0.3 is 0 Å². The molecule has 0 unspecified atom stereocenters. The Morgan fingerprint density at radius 1 is 1.03 bits per heavy atom. The molecule has 1 heterocycles. The molecule has 5 nitrogen and oxygen atoms in total. The van der Waals surface area contributed by atoms with Crippen LogP contribution in [-0.4, -0.2) is 26.2 Å². The Balaban J connectivity index is 1.55. The molecule has 37 heavy (non-hydrogen) atoms. The van der Waals surface area contributed by atoms with Crippen LogP contribution in [0.15, 0.2) is 84.9 Å². The van der Waals surface area contributed by atoms with Crippen molar-refractivity contribution >= 4 is 31.9 Å². The van der Waals surface area contributed by atoms with Crippen molar-refractivity contribution in [3.63, 3.8) is 0 Å². The van der Waals surface area contributed by atoms with Crippen LogP contribution in [0.2, 0.25) is 19.1 Å². The van der Waals surface area contributed by atoms with E-state index in [-0.39, 0.29) is 17.6 Å². The van der Waals surface area contributed by atoms with E-state index < -0.39 is 20.4 Å². The summed E-state index contributed by atoms with van der Waals surface area (Å²) >= 11 is 0. The molecule has 0 aliphatic carbocycles. The fraction of sp³-hybridized carbons (Fsp3) is 0.267. The van der Waals surface area contributed by atoms with Crippen LogP contribution in [0.4, 0.5) is 10.1 Å². The second kappa shape index (κ2) is 11.1. The topological polar surface area (TPSA) is 58.6 Å². The van der Waals surface area contributed by atoms with E-state index in [2.05, 4.69) is 32.3 Å². The van der Waals surface area contributed by atoms with Crippen LogP contribution in [-0.2, 0) is 9.59 Å². The molecule has 2 amide bonds. The molecule has 0 spiro atoms. The fourth-order valence-corrected chi connectivity index (χ4v) is 7.70. The van der Waals surface area contributed by atoms with E-state index in [1.807, 2.05) is 54.6 Å². The Morgan fingerprint density at radius 3 is 2.30 bits per heavy atom. The minimum Gasteiger partial charge on any atom is -0.544 e. The highest BCUT2D eigenvalue weighted by Gasteiger charge is 2.49. The van der Waals surface area contributed by atoms with E-state index in [0.29, 0.717) is 11.6 Å². The zero-order valence-corrected chi connectivity index (χ0v) is 22.6. The Morgan fingerprint density at radius 2 is 1.68 bits per heavy atom. The maximum Gasteiger partial charge on any atom is 0.252 e. The Hall–Kier alpha value is -3.71. The molecule has 1 aliphatic rings. The number of β-lactam (4-membered cyclic amide) rings is 1. The lowest BCUT2D eigenvalue weighted by atomic mass is 9.87. The fourth-order valence-electron chi connectivity index (χ4n) is 4.87. The van der Waals surface area contributed by atoms with Crippen molar-refractivity contribution < 1.29 is 18.4 Å². The summed E-state index contributed by atoms with van der Waals surface area (Å²) in [7, 11) is -1.87. The quantitative estimate of drug-likeness (QED) is 0.205. The first-order valence-electron chi connectivity index (χ1n) is 12.5. The van der Waals surface area contributed by atoms with Crippen LogP contribution in [0.5, 0.6) is 5.75 Å². The lowest BCUT2D eigenvalue weighted by molar-refractivity contribution is -0.131. The molecule has 3 aromatic carbocycles. The molecule has 7 heteroatoms. The van der Waals surface area contributed by atoms with Gasteiger partial charge in [0, 0.05) is 11.8 Å². The van der Waals surface area contributed by atoms with Crippen molar-refractivity contribution in [1.82, 2.24) is 5.32 Å². The van der Waals surface area contributed by atoms with Crippen molar-refractivity contribution in [2.45, 2.75) is 45.1 Å². The number of nitrogens with zero attached hydrogens (tertiary/aromatic N) is 1. The predicted octanol–water partition coefficient (Wildman–Crippen LogP) is 6.35. The second-order valence-electron chi connectivity index (χ2n) is 10.4. The molecule has 0 aromatic heterocycles. The first-order chi connectivity index (χ1) is 17.6. The van der Waals surface area contributed by atoms with E-state index >= 15 is 0 Å². The number of halogens is 1. The van der Waals surface area contributed by atoms with Gasteiger partial charge in [-0.2, -0.15) is 0 Å². The van der Waals surface area contributed by atoms with Gasteiger partial charge in [-0.05, 0) is 78.7 Å². The first-order valence-corrected chi connectivity index (χ1v) is 15.7. The summed E-state index contributed by atoms with van der Waals surface area (Å²) in [5, 5.41) is 2.86. The van der Waals surface area contributed by atoms with Crippen LogP contribution < -0.4 is 14.6 Å². The van der Waals surface area contributed by atoms with E-state index in [1.54, 1.807) is 23.1 Å². The molecule has 1 saturated heterocycles. The lowest BCUT2D eigenvalue weighted by Gasteiger charge is -2.47. The second-order valence-corrected chi connectivity index (χ2v) is 14.5. The number of carbonyl (C=O) groups excluding carboxylic acids is 2. The molecule has 1 N–H and O–H groups in total. The van der Waals surface area contributed by atoms with Gasteiger partial charge < -0.3 is 14.6 Å². The summed E-state index contributed by atoms with van der Waals surface area (Å²) in [4.78, 5) is 27.5. The van der Waals surface area contributed by atoms with E-state index in [1.165, 1.54) is 18.2 Å². The number of benzene rings is 3. The molecule has 1 aliphatic heterocycles. The molecule has 1 fully saturated rings. The van der Waals surface area contributed by atoms with Gasteiger partial charge in [-0.1, -0.05) is 56.3 Å². The van der Waals surface area contributed by atoms with Gasteiger partial charge in [0.2, 0.25) is 14.2 Å². The number of rotatable bonds is 9. The van der Waals surface area contributed by atoms with Gasteiger partial charge in [-0.25, -0.2) is 4.39 Å². The third-order valence-corrected chi connectivity index (χ3v) is 8.83. The van der Waals surface area contributed by atoms with Crippen molar-refractivity contribution in [3.05, 3.63) is 102 Å². The number of hydrogen-bond acceptors (Lipinski definition) is 3. The largest absolute Gasteiger partial charge is 0.544 e. The summed E-state index contributed by atoms with van der Waals surface area (Å²) < 4.78 is 19.9. The van der Waals surface area contributed by atoms with Gasteiger partial charge in [-0.15, -0.1) is 0 Å². The number of carbonyl (C=O) groups is 2.